The highest BCUT2D eigenvalue weighted by Crippen LogP contribution is 2.08. The topological polar surface area (TPSA) is 75.6 Å². The zero-order valence-corrected chi connectivity index (χ0v) is 9.17. The Hall–Kier alpha value is -0.910. The number of aliphatic hydroxyl groups excluding tert-OH is 1. The number of ether oxygens (including phenoxy) is 1. The van der Waals surface area contributed by atoms with Crippen LogP contribution in [0.2, 0.25) is 0 Å². The van der Waals surface area contributed by atoms with E-state index in [1.54, 1.807) is 0 Å². The lowest BCUT2D eigenvalue weighted by Gasteiger charge is -2.07. The van der Waals surface area contributed by atoms with Gasteiger partial charge in [0.1, 0.15) is 6.04 Å². The van der Waals surface area contributed by atoms with E-state index in [1.165, 1.54) is 6.92 Å². The Balaban J connectivity index is 0.00000196. The lowest BCUT2D eigenvalue weighted by atomic mass is 10.2. The van der Waals surface area contributed by atoms with Crippen LogP contribution in [0.5, 0.6) is 0 Å². The van der Waals surface area contributed by atoms with E-state index in [1.807, 2.05) is 0 Å². The summed E-state index contributed by atoms with van der Waals surface area (Å²) < 4.78 is 4.49. The zero-order chi connectivity index (χ0) is 10.7. The summed E-state index contributed by atoms with van der Waals surface area (Å²) in [5.74, 6) is -1.38. The number of rotatable bonds is 2. The highest BCUT2D eigenvalue weighted by molar-refractivity contribution is 5.96. The highest BCUT2D eigenvalue weighted by Gasteiger charge is 2.30. The molecule has 0 bridgehead atoms. The van der Waals surface area contributed by atoms with Gasteiger partial charge in [0.25, 0.3) is 0 Å². The average molecular weight is 236 g/mol. The first-order chi connectivity index (χ1) is 6.50. The minimum Gasteiger partial charge on any atom is -0.392 e. The molecule has 1 aliphatic rings. The van der Waals surface area contributed by atoms with Crippen molar-refractivity contribution >= 4 is 24.3 Å². The molecule has 2 N–H and O–H groups in total. The Morgan fingerprint density at radius 3 is 2.53 bits per heavy atom. The van der Waals surface area contributed by atoms with Crippen LogP contribution in [0.3, 0.4) is 0 Å². The fourth-order valence-electron chi connectivity index (χ4n) is 1.15. The van der Waals surface area contributed by atoms with Crippen LogP contribution in [-0.2, 0) is 14.3 Å². The number of aliphatic hydroxyl groups is 1. The summed E-state index contributed by atoms with van der Waals surface area (Å²) in [4.78, 5) is 22.2. The van der Waals surface area contributed by atoms with Gasteiger partial charge in [-0.15, -0.1) is 12.4 Å². The molecule has 2 atom stereocenters. The summed E-state index contributed by atoms with van der Waals surface area (Å²) in [5.41, 5.74) is 0.178. The van der Waals surface area contributed by atoms with Crippen molar-refractivity contribution in [2.24, 2.45) is 0 Å². The van der Waals surface area contributed by atoms with E-state index in [0.717, 1.165) is 0 Å². The van der Waals surface area contributed by atoms with Gasteiger partial charge in [-0.2, -0.15) is 0 Å². The molecule has 1 heterocycles. The summed E-state index contributed by atoms with van der Waals surface area (Å²) in [6.45, 7) is 5.17. The Morgan fingerprint density at radius 2 is 2.13 bits per heavy atom. The molecule has 0 aromatic carbocycles. The third-order valence-corrected chi connectivity index (χ3v) is 1.93. The lowest BCUT2D eigenvalue weighted by Crippen LogP contribution is -2.33. The maximum Gasteiger partial charge on any atom is 0.340 e. The normalized spacial score (nSPS) is 24.1. The van der Waals surface area contributed by atoms with Crippen molar-refractivity contribution < 1.29 is 19.4 Å². The van der Waals surface area contributed by atoms with E-state index in [2.05, 4.69) is 16.6 Å². The molecule has 86 valence electrons. The molecule has 1 fully saturated rings. The number of esters is 2. The van der Waals surface area contributed by atoms with Crippen molar-refractivity contribution in [3.05, 3.63) is 12.2 Å². The van der Waals surface area contributed by atoms with Gasteiger partial charge in [0.15, 0.2) is 0 Å². The Bertz CT molecular complexity index is 279. The average Bonchev–Trinajstić information content (AvgIpc) is 2.51. The quantitative estimate of drug-likeness (QED) is 0.393. The van der Waals surface area contributed by atoms with E-state index in [4.69, 9.17) is 5.11 Å². The van der Waals surface area contributed by atoms with Gasteiger partial charge in [0.2, 0.25) is 0 Å². The Morgan fingerprint density at radius 1 is 1.53 bits per heavy atom. The van der Waals surface area contributed by atoms with Crippen LogP contribution >= 0.6 is 12.4 Å². The fourth-order valence-corrected chi connectivity index (χ4v) is 1.15. The van der Waals surface area contributed by atoms with Gasteiger partial charge in [-0.3, -0.25) is 0 Å². The molecule has 1 aliphatic heterocycles. The van der Waals surface area contributed by atoms with E-state index < -0.39 is 24.1 Å². The van der Waals surface area contributed by atoms with E-state index in [0.29, 0.717) is 6.54 Å². The van der Waals surface area contributed by atoms with Crippen molar-refractivity contribution in [3.8, 4) is 0 Å². The third-order valence-electron chi connectivity index (χ3n) is 1.93. The van der Waals surface area contributed by atoms with Crippen molar-refractivity contribution in [2.75, 3.05) is 6.54 Å². The summed E-state index contributed by atoms with van der Waals surface area (Å²) in [6.07, 6.45) is -0.269. The minimum absolute atomic E-state index is 0. The highest BCUT2D eigenvalue weighted by atomic mass is 35.5. The molecular formula is C9H14ClNO4. The zero-order valence-electron chi connectivity index (χ0n) is 8.36. The molecule has 0 spiro atoms. The SMILES string of the molecule is C=C(C)C(=O)OC(=O)[C@@H]1C[C@@H](O)CN1.Cl. The Labute approximate surface area is 93.9 Å². The van der Waals surface area contributed by atoms with E-state index in [9.17, 15) is 9.59 Å². The molecule has 0 aromatic heterocycles. The van der Waals surface area contributed by atoms with E-state index >= 15 is 0 Å². The molecule has 0 saturated carbocycles. The molecule has 5 nitrogen and oxygen atoms in total. The number of hydrogen-bond acceptors (Lipinski definition) is 5. The van der Waals surface area contributed by atoms with Gasteiger partial charge in [-0.1, -0.05) is 6.58 Å². The molecule has 0 unspecified atom stereocenters. The lowest BCUT2D eigenvalue weighted by molar-refractivity contribution is -0.158. The van der Waals surface area contributed by atoms with Gasteiger partial charge in [-0.25, -0.2) is 9.59 Å². The van der Waals surface area contributed by atoms with Gasteiger partial charge in [0, 0.05) is 18.5 Å². The molecule has 1 saturated heterocycles. The van der Waals surface area contributed by atoms with Crippen LogP contribution in [-0.4, -0.2) is 35.7 Å². The van der Waals surface area contributed by atoms with Crippen LogP contribution in [0.1, 0.15) is 13.3 Å². The Kier molecular flexibility index (Phi) is 5.49. The first-order valence-electron chi connectivity index (χ1n) is 4.33. The van der Waals surface area contributed by atoms with Crippen LogP contribution < -0.4 is 5.32 Å². The predicted octanol–water partition coefficient (Wildman–Crippen LogP) is -0.223. The molecule has 15 heavy (non-hydrogen) atoms. The number of nitrogens with one attached hydrogen (secondary N) is 1. The van der Waals surface area contributed by atoms with Gasteiger partial charge in [-0.05, 0) is 6.92 Å². The first-order valence-corrected chi connectivity index (χ1v) is 4.33. The maximum atomic E-state index is 11.2. The number of carbonyl (C=O) groups is 2. The van der Waals surface area contributed by atoms with Crippen LogP contribution in [0.4, 0.5) is 0 Å². The van der Waals surface area contributed by atoms with Crippen molar-refractivity contribution in [2.45, 2.75) is 25.5 Å². The number of hydrogen-bond donors (Lipinski definition) is 2. The third kappa shape index (κ3) is 3.99. The molecule has 0 aromatic rings. The largest absolute Gasteiger partial charge is 0.392 e. The molecule has 6 heteroatoms. The van der Waals surface area contributed by atoms with Gasteiger partial charge >= 0.3 is 11.9 Å². The molecule has 1 rings (SSSR count). The summed E-state index contributed by atoms with van der Waals surface area (Å²) in [6, 6.07) is -0.590. The van der Waals surface area contributed by atoms with Crippen molar-refractivity contribution in [1.82, 2.24) is 5.32 Å². The summed E-state index contributed by atoms with van der Waals surface area (Å²) in [7, 11) is 0. The molecule has 0 amide bonds. The molecule has 0 aliphatic carbocycles. The second-order valence-electron chi connectivity index (χ2n) is 3.34. The standard InChI is InChI=1S/C9H13NO4.ClH/c1-5(2)8(12)14-9(13)7-3-6(11)4-10-7;/h6-7,10-11H,1,3-4H2,2H3;1H/t6-,7+;/m1./s1. The summed E-state index contributed by atoms with van der Waals surface area (Å²) >= 11 is 0. The number of β-amino-alcohol motifs (C(OH)–C–C–N with tert-alkyl or cyclic N) is 1. The number of carbonyl (C=O) groups excluding carboxylic acids is 2. The maximum absolute atomic E-state index is 11.2. The number of halogens is 1. The molecular weight excluding hydrogens is 222 g/mol. The van der Waals surface area contributed by atoms with E-state index in [-0.39, 0.29) is 24.4 Å². The second-order valence-corrected chi connectivity index (χ2v) is 3.34. The van der Waals surface area contributed by atoms with Gasteiger partial charge < -0.3 is 15.2 Å². The van der Waals surface area contributed by atoms with Crippen molar-refractivity contribution in [3.63, 3.8) is 0 Å². The fraction of sp³-hybridized carbons (Fsp3) is 0.556. The predicted molar refractivity (Wildman–Crippen MR) is 55.6 cm³/mol. The second kappa shape index (κ2) is 5.85. The van der Waals surface area contributed by atoms with Crippen molar-refractivity contribution in [1.29, 1.82) is 0 Å². The van der Waals surface area contributed by atoms with Gasteiger partial charge in [0.05, 0.1) is 6.10 Å². The van der Waals surface area contributed by atoms with Crippen LogP contribution in [0.25, 0.3) is 0 Å². The minimum atomic E-state index is -0.724. The summed E-state index contributed by atoms with van der Waals surface area (Å²) in [5, 5.41) is 11.9. The van der Waals surface area contributed by atoms with Crippen LogP contribution in [0.15, 0.2) is 12.2 Å². The molecule has 0 radical (unpaired) electrons. The monoisotopic (exact) mass is 235 g/mol. The van der Waals surface area contributed by atoms with Crippen LogP contribution in [0, 0.1) is 0 Å². The first kappa shape index (κ1) is 14.1. The smallest absolute Gasteiger partial charge is 0.340 e.